The summed E-state index contributed by atoms with van der Waals surface area (Å²) in [7, 11) is 3.18. The highest BCUT2D eigenvalue weighted by atomic mass is 79.9. The van der Waals surface area contributed by atoms with Crippen LogP contribution in [0.1, 0.15) is 24.8 Å². The number of rotatable bonds is 5. The Kier molecular flexibility index (Phi) is 7.45. The van der Waals surface area contributed by atoms with Crippen molar-refractivity contribution in [1.82, 2.24) is 5.32 Å². The van der Waals surface area contributed by atoms with Gasteiger partial charge in [-0.2, -0.15) is 0 Å². The molecule has 0 saturated heterocycles. The second-order valence-electron chi connectivity index (χ2n) is 5.30. The van der Waals surface area contributed by atoms with Crippen LogP contribution < -0.4 is 20.5 Å². The van der Waals surface area contributed by atoms with Gasteiger partial charge in [-0.15, -0.1) is 12.4 Å². The highest BCUT2D eigenvalue weighted by molar-refractivity contribution is 9.10. The van der Waals surface area contributed by atoms with Crippen LogP contribution in [-0.4, -0.2) is 26.2 Å². The van der Waals surface area contributed by atoms with Crippen molar-refractivity contribution in [2.45, 2.75) is 31.8 Å². The highest BCUT2D eigenvalue weighted by Gasteiger charge is 2.27. The van der Waals surface area contributed by atoms with Gasteiger partial charge in [-0.1, -0.05) is 0 Å². The predicted octanol–water partition coefficient (Wildman–Crippen LogP) is 2.63. The third-order valence-electron chi connectivity index (χ3n) is 3.80. The Morgan fingerprint density at radius 2 is 2.09 bits per heavy atom. The topological polar surface area (TPSA) is 73.6 Å². The van der Waals surface area contributed by atoms with Crippen molar-refractivity contribution in [2.24, 2.45) is 11.7 Å². The van der Waals surface area contributed by atoms with Gasteiger partial charge in [0.05, 0.1) is 18.7 Å². The molecule has 1 aromatic carbocycles. The smallest absolute Gasteiger partial charge is 0.223 e. The van der Waals surface area contributed by atoms with Crippen LogP contribution in [0.2, 0.25) is 0 Å². The first-order valence-electron chi connectivity index (χ1n) is 6.98. The van der Waals surface area contributed by atoms with E-state index in [2.05, 4.69) is 21.2 Å². The quantitative estimate of drug-likeness (QED) is 0.806. The van der Waals surface area contributed by atoms with Gasteiger partial charge in [0.15, 0.2) is 11.5 Å². The summed E-state index contributed by atoms with van der Waals surface area (Å²) in [6, 6.07) is 3.95. The van der Waals surface area contributed by atoms with Crippen LogP contribution in [0.4, 0.5) is 0 Å². The van der Waals surface area contributed by atoms with E-state index in [0.29, 0.717) is 18.0 Å². The van der Waals surface area contributed by atoms with Crippen LogP contribution in [0.15, 0.2) is 16.6 Å². The Labute approximate surface area is 145 Å². The van der Waals surface area contributed by atoms with Crippen molar-refractivity contribution in [3.8, 4) is 11.5 Å². The molecule has 1 fully saturated rings. The fourth-order valence-electron chi connectivity index (χ4n) is 2.66. The van der Waals surface area contributed by atoms with Gasteiger partial charge in [-0.25, -0.2) is 0 Å². The zero-order chi connectivity index (χ0) is 15.4. The van der Waals surface area contributed by atoms with Crippen LogP contribution >= 0.6 is 28.3 Å². The molecule has 124 valence electrons. The summed E-state index contributed by atoms with van der Waals surface area (Å²) >= 11 is 3.45. The van der Waals surface area contributed by atoms with Gasteiger partial charge in [-0.05, 0) is 52.9 Å². The Balaban J connectivity index is 0.00000242. The van der Waals surface area contributed by atoms with E-state index in [0.717, 1.165) is 29.3 Å². The molecule has 0 radical (unpaired) electrons. The van der Waals surface area contributed by atoms with Gasteiger partial charge in [0.1, 0.15) is 0 Å². The third kappa shape index (κ3) is 4.51. The summed E-state index contributed by atoms with van der Waals surface area (Å²) in [5, 5.41) is 2.97. The lowest BCUT2D eigenvalue weighted by atomic mass is 10.1. The number of halogens is 2. The molecule has 2 atom stereocenters. The Hall–Kier alpha value is -0.980. The lowest BCUT2D eigenvalue weighted by Gasteiger charge is -2.14. The molecule has 1 aromatic rings. The van der Waals surface area contributed by atoms with E-state index in [4.69, 9.17) is 15.2 Å². The minimum Gasteiger partial charge on any atom is -0.493 e. The molecule has 1 aliphatic carbocycles. The summed E-state index contributed by atoms with van der Waals surface area (Å²) in [4.78, 5) is 12.1. The molecule has 2 rings (SSSR count). The molecule has 0 heterocycles. The van der Waals surface area contributed by atoms with Crippen LogP contribution in [0, 0.1) is 5.92 Å². The minimum absolute atomic E-state index is 0. The molecule has 7 heteroatoms. The molecule has 3 N–H and O–H groups in total. The number of nitrogens with one attached hydrogen (secondary N) is 1. The lowest BCUT2D eigenvalue weighted by Crippen LogP contribution is -2.30. The molecule has 1 aliphatic rings. The van der Waals surface area contributed by atoms with E-state index in [1.807, 2.05) is 12.1 Å². The summed E-state index contributed by atoms with van der Waals surface area (Å²) in [5.41, 5.74) is 6.80. The van der Waals surface area contributed by atoms with Gasteiger partial charge in [0, 0.05) is 18.5 Å². The molecule has 1 amide bonds. The first-order chi connectivity index (χ1) is 10.0. The maximum atomic E-state index is 12.1. The molecular weight excluding hydrogens is 372 g/mol. The minimum atomic E-state index is 0. The molecular formula is C15H22BrClN2O3. The molecule has 5 nitrogen and oxygen atoms in total. The highest BCUT2D eigenvalue weighted by Crippen LogP contribution is 2.36. The molecule has 0 spiro atoms. The number of carbonyl (C=O) groups is 1. The summed E-state index contributed by atoms with van der Waals surface area (Å²) < 4.78 is 11.4. The van der Waals surface area contributed by atoms with E-state index in [9.17, 15) is 4.79 Å². The number of benzene rings is 1. The number of amides is 1. The van der Waals surface area contributed by atoms with Crippen molar-refractivity contribution in [1.29, 1.82) is 0 Å². The first-order valence-corrected chi connectivity index (χ1v) is 7.78. The number of ether oxygens (including phenoxy) is 2. The maximum Gasteiger partial charge on any atom is 0.223 e. The SMILES string of the molecule is COc1cc(CNC(=O)C2CCC(N)C2)cc(Br)c1OC.Cl. The number of nitrogens with two attached hydrogens (primary N) is 1. The largest absolute Gasteiger partial charge is 0.493 e. The number of hydrogen-bond acceptors (Lipinski definition) is 4. The second kappa shape index (κ2) is 8.60. The molecule has 0 aliphatic heterocycles. The second-order valence-corrected chi connectivity index (χ2v) is 6.16. The van der Waals surface area contributed by atoms with Crippen LogP contribution in [0.3, 0.4) is 0 Å². The Morgan fingerprint density at radius 1 is 1.36 bits per heavy atom. The fraction of sp³-hybridized carbons (Fsp3) is 0.533. The van der Waals surface area contributed by atoms with Crippen LogP contribution in [-0.2, 0) is 11.3 Å². The standard InChI is InChI=1S/C15H21BrN2O3.ClH/c1-20-13-6-9(5-12(16)14(13)21-2)8-18-15(19)10-3-4-11(17)7-10;/h5-6,10-11H,3-4,7-8,17H2,1-2H3,(H,18,19);1H. The van der Waals surface area contributed by atoms with Crippen LogP contribution in [0.25, 0.3) is 0 Å². The Morgan fingerprint density at radius 3 is 2.64 bits per heavy atom. The zero-order valence-electron chi connectivity index (χ0n) is 12.7. The lowest BCUT2D eigenvalue weighted by molar-refractivity contribution is -0.125. The average molecular weight is 394 g/mol. The summed E-state index contributed by atoms with van der Waals surface area (Å²) in [6.07, 6.45) is 2.59. The first kappa shape index (κ1) is 19.1. The van der Waals surface area contributed by atoms with Crippen LogP contribution in [0.5, 0.6) is 11.5 Å². The maximum absolute atomic E-state index is 12.1. The normalized spacial score (nSPS) is 20.2. The van der Waals surface area contributed by atoms with Crippen molar-refractivity contribution in [3.05, 3.63) is 22.2 Å². The molecule has 1 saturated carbocycles. The number of hydrogen-bond donors (Lipinski definition) is 2. The molecule has 22 heavy (non-hydrogen) atoms. The van der Waals surface area contributed by atoms with Gasteiger partial charge in [0.2, 0.25) is 5.91 Å². The van der Waals surface area contributed by atoms with Gasteiger partial charge < -0.3 is 20.5 Å². The van der Waals surface area contributed by atoms with E-state index in [-0.39, 0.29) is 30.3 Å². The average Bonchev–Trinajstić information content (AvgIpc) is 2.90. The summed E-state index contributed by atoms with van der Waals surface area (Å²) in [5.74, 6) is 1.41. The molecule has 2 unspecified atom stereocenters. The van der Waals surface area contributed by atoms with E-state index >= 15 is 0 Å². The zero-order valence-corrected chi connectivity index (χ0v) is 15.1. The fourth-order valence-corrected chi connectivity index (χ4v) is 3.31. The van der Waals surface area contributed by atoms with Crippen molar-refractivity contribution in [2.75, 3.05) is 14.2 Å². The number of carbonyl (C=O) groups excluding carboxylic acids is 1. The van der Waals surface area contributed by atoms with Crippen molar-refractivity contribution < 1.29 is 14.3 Å². The van der Waals surface area contributed by atoms with E-state index in [1.54, 1.807) is 14.2 Å². The number of methoxy groups -OCH3 is 2. The molecule has 0 aromatic heterocycles. The predicted molar refractivity (Wildman–Crippen MR) is 91.7 cm³/mol. The van der Waals surface area contributed by atoms with Crippen molar-refractivity contribution >= 4 is 34.2 Å². The Bertz CT molecular complexity index is 528. The third-order valence-corrected chi connectivity index (χ3v) is 4.39. The van der Waals surface area contributed by atoms with E-state index in [1.165, 1.54) is 0 Å². The molecule has 0 bridgehead atoms. The monoisotopic (exact) mass is 392 g/mol. The van der Waals surface area contributed by atoms with Gasteiger partial charge in [-0.3, -0.25) is 4.79 Å². The summed E-state index contributed by atoms with van der Waals surface area (Å²) in [6.45, 7) is 0.462. The van der Waals surface area contributed by atoms with E-state index < -0.39 is 0 Å². The van der Waals surface area contributed by atoms with Crippen molar-refractivity contribution in [3.63, 3.8) is 0 Å². The van der Waals surface area contributed by atoms with Gasteiger partial charge in [0.25, 0.3) is 0 Å². The van der Waals surface area contributed by atoms with Gasteiger partial charge >= 0.3 is 0 Å².